The summed E-state index contributed by atoms with van der Waals surface area (Å²) in [5.74, 6) is -1.60. The Balaban J connectivity index is 1.98. The number of nitrogens with two attached hydrogens (primary N) is 1. The first-order valence-electron chi connectivity index (χ1n) is 6.45. The first-order chi connectivity index (χ1) is 9.56. The number of hydrogen-bond acceptors (Lipinski definition) is 3. The summed E-state index contributed by atoms with van der Waals surface area (Å²) in [4.78, 5) is 17.7. The lowest BCUT2D eigenvalue weighted by molar-refractivity contribution is -0.130. The Bertz CT molecular complexity index is 677. The van der Waals surface area contributed by atoms with Crippen molar-refractivity contribution in [2.45, 2.75) is 19.4 Å². The predicted molar refractivity (Wildman–Crippen MR) is 69.9 cm³/mol. The van der Waals surface area contributed by atoms with Crippen LogP contribution >= 0.6 is 0 Å². The van der Waals surface area contributed by atoms with Crippen LogP contribution in [0.15, 0.2) is 12.1 Å². The van der Waals surface area contributed by atoms with Gasteiger partial charge in [0.2, 0.25) is 11.9 Å². The van der Waals surface area contributed by atoms with Crippen LogP contribution in [0, 0.1) is 11.6 Å². The summed E-state index contributed by atoms with van der Waals surface area (Å²) in [6.45, 7) is 1.38. The molecular weight excluding hydrogens is 266 g/mol. The van der Waals surface area contributed by atoms with E-state index in [1.165, 1.54) is 4.57 Å². The quantitative estimate of drug-likeness (QED) is 0.907. The Morgan fingerprint density at radius 3 is 2.70 bits per heavy atom. The third-order valence-corrected chi connectivity index (χ3v) is 3.55. The van der Waals surface area contributed by atoms with E-state index in [1.807, 2.05) is 0 Å². The molecule has 2 aromatic rings. The Morgan fingerprint density at radius 1 is 1.30 bits per heavy atom. The summed E-state index contributed by atoms with van der Waals surface area (Å²) in [5, 5.41) is 0. The molecule has 5 nitrogen and oxygen atoms in total. The number of anilines is 1. The van der Waals surface area contributed by atoms with Gasteiger partial charge in [0.05, 0.1) is 5.52 Å². The van der Waals surface area contributed by atoms with Gasteiger partial charge in [-0.2, -0.15) is 0 Å². The standard InChI is InChI=1S/C13H14F2N4O/c14-8-5-9(15)12-10(6-8)19(13(16)17-12)7-11(20)18-3-1-2-4-18/h5-6H,1-4,7H2,(H2,16,17). The molecule has 0 unspecified atom stereocenters. The number of nitrogen functional groups attached to an aromatic ring is 1. The van der Waals surface area contributed by atoms with Crippen molar-refractivity contribution in [1.29, 1.82) is 0 Å². The van der Waals surface area contributed by atoms with Crippen LogP contribution in [0.3, 0.4) is 0 Å². The maximum atomic E-state index is 13.6. The molecule has 7 heteroatoms. The molecule has 1 amide bonds. The van der Waals surface area contributed by atoms with Gasteiger partial charge in [0.1, 0.15) is 17.9 Å². The monoisotopic (exact) mass is 280 g/mol. The van der Waals surface area contributed by atoms with Gasteiger partial charge in [-0.05, 0) is 12.8 Å². The van der Waals surface area contributed by atoms with E-state index in [4.69, 9.17) is 5.73 Å². The Labute approximate surface area is 114 Å². The molecule has 0 atom stereocenters. The van der Waals surface area contributed by atoms with Gasteiger partial charge in [0.15, 0.2) is 5.82 Å². The minimum Gasteiger partial charge on any atom is -0.369 e. The van der Waals surface area contributed by atoms with E-state index in [-0.39, 0.29) is 29.4 Å². The fourth-order valence-corrected chi connectivity index (χ4v) is 2.54. The third-order valence-electron chi connectivity index (χ3n) is 3.55. The number of halogens is 2. The van der Waals surface area contributed by atoms with Gasteiger partial charge in [0, 0.05) is 25.2 Å². The highest BCUT2D eigenvalue weighted by atomic mass is 19.1. The van der Waals surface area contributed by atoms with Crippen molar-refractivity contribution in [3.8, 4) is 0 Å². The van der Waals surface area contributed by atoms with Crippen LogP contribution in [0.4, 0.5) is 14.7 Å². The SMILES string of the molecule is Nc1nc2c(F)cc(F)cc2n1CC(=O)N1CCCC1. The van der Waals surface area contributed by atoms with Crippen molar-refractivity contribution in [1.82, 2.24) is 14.5 Å². The van der Waals surface area contributed by atoms with Crippen molar-refractivity contribution in [2.75, 3.05) is 18.8 Å². The van der Waals surface area contributed by atoms with Crippen molar-refractivity contribution in [2.24, 2.45) is 0 Å². The van der Waals surface area contributed by atoms with Crippen LogP contribution in [0.1, 0.15) is 12.8 Å². The summed E-state index contributed by atoms with van der Waals surface area (Å²) in [6.07, 6.45) is 1.96. The second kappa shape index (κ2) is 4.73. The van der Waals surface area contributed by atoms with E-state index < -0.39 is 11.6 Å². The maximum Gasteiger partial charge on any atom is 0.242 e. The first kappa shape index (κ1) is 12.8. The highest BCUT2D eigenvalue weighted by Gasteiger charge is 2.21. The fourth-order valence-electron chi connectivity index (χ4n) is 2.54. The van der Waals surface area contributed by atoms with Gasteiger partial charge in [-0.25, -0.2) is 13.8 Å². The van der Waals surface area contributed by atoms with Crippen molar-refractivity contribution < 1.29 is 13.6 Å². The molecule has 0 saturated carbocycles. The van der Waals surface area contributed by atoms with E-state index in [9.17, 15) is 13.6 Å². The average Bonchev–Trinajstić information content (AvgIpc) is 3.00. The van der Waals surface area contributed by atoms with Gasteiger partial charge >= 0.3 is 0 Å². The molecule has 1 aromatic carbocycles. The summed E-state index contributed by atoms with van der Waals surface area (Å²) in [5.41, 5.74) is 5.90. The number of aromatic nitrogens is 2. The number of likely N-dealkylation sites (tertiary alicyclic amines) is 1. The average molecular weight is 280 g/mol. The lowest BCUT2D eigenvalue weighted by atomic mass is 10.3. The second-order valence-corrected chi connectivity index (χ2v) is 4.90. The van der Waals surface area contributed by atoms with Crippen LogP contribution in [0.5, 0.6) is 0 Å². The highest BCUT2D eigenvalue weighted by molar-refractivity contribution is 5.83. The lowest BCUT2D eigenvalue weighted by Gasteiger charge is -2.16. The normalized spacial score (nSPS) is 15.2. The van der Waals surface area contributed by atoms with Gasteiger partial charge in [-0.3, -0.25) is 4.79 Å². The van der Waals surface area contributed by atoms with E-state index in [2.05, 4.69) is 4.98 Å². The predicted octanol–water partition coefficient (Wildman–Crippen LogP) is 1.52. The van der Waals surface area contributed by atoms with Gasteiger partial charge in [-0.1, -0.05) is 0 Å². The lowest BCUT2D eigenvalue weighted by Crippen LogP contribution is -2.31. The Morgan fingerprint density at radius 2 is 2.00 bits per heavy atom. The molecule has 3 rings (SSSR count). The molecule has 20 heavy (non-hydrogen) atoms. The molecular formula is C13H14F2N4O. The number of rotatable bonds is 2. The number of carbonyl (C=O) groups excluding carboxylic acids is 1. The molecule has 0 bridgehead atoms. The smallest absolute Gasteiger partial charge is 0.242 e. The zero-order valence-electron chi connectivity index (χ0n) is 10.8. The minimum absolute atomic E-state index is 0.0112. The highest BCUT2D eigenvalue weighted by Crippen LogP contribution is 2.22. The molecule has 2 N–H and O–H groups in total. The third kappa shape index (κ3) is 2.09. The van der Waals surface area contributed by atoms with E-state index >= 15 is 0 Å². The van der Waals surface area contributed by atoms with Crippen LogP contribution in [0.25, 0.3) is 11.0 Å². The zero-order chi connectivity index (χ0) is 14.3. The van der Waals surface area contributed by atoms with Crippen molar-refractivity contribution >= 4 is 22.9 Å². The van der Waals surface area contributed by atoms with Crippen LogP contribution < -0.4 is 5.73 Å². The molecule has 1 fully saturated rings. The number of hydrogen-bond donors (Lipinski definition) is 1. The molecule has 2 heterocycles. The molecule has 1 aliphatic rings. The van der Waals surface area contributed by atoms with E-state index in [0.29, 0.717) is 13.1 Å². The fraction of sp³-hybridized carbons (Fsp3) is 0.385. The Kier molecular flexibility index (Phi) is 3.04. The molecule has 1 saturated heterocycles. The number of benzene rings is 1. The van der Waals surface area contributed by atoms with Crippen LogP contribution in [0.2, 0.25) is 0 Å². The summed E-state index contributed by atoms with van der Waals surface area (Å²) < 4.78 is 28.3. The van der Waals surface area contributed by atoms with Gasteiger partial charge < -0.3 is 15.2 Å². The van der Waals surface area contributed by atoms with E-state index in [0.717, 1.165) is 25.0 Å². The largest absolute Gasteiger partial charge is 0.369 e. The second-order valence-electron chi connectivity index (χ2n) is 4.90. The first-order valence-corrected chi connectivity index (χ1v) is 6.45. The topological polar surface area (TPSA) is 64.1 Å². The molecule has 0 spiro atoms. The minimum atomic E-state index is -0.779. The summed E-state index contributed by atoms with van der Waals surface area (Å²) in [6, 6.07) is 1.89. The molecule has 0 radical (unpaired) electrons. The van der Waals surface area contributed by atoms with Gasteiger partial charge in [0.25, 0.3) is 0 Å². The van der Waals surface area contributed by atoms with Crippen LogP contribution in [-0.4, -0.2) is 33.4 Å². The molecule has 0 aliphatic carbocycles. The number of fused-ring (bicyclic) bond motifs is 1. The molecule has 1 aromatic heterocycles. The van der Waals surface area contributed by atoms with Crippen molar-refractivity contribution in [3.63, 3.8) is 0 Å². The van der Waals surface area contributed by atoms with E-state index in [1.54, 1.807) is 4.90 Å². The maximum absolute atomic E-state index is 13.6. The zero-order valence-corrected chi connectivity index (χ0v) is 10.8. The number of nitrogens with zero attached hydrogens (tertiary/aromatic N) is 3. The summed E-state index contributed by atoms with van der Waals surface area (Å²) in [7, 11) is 0. The number of amides is 1. The number of carbonyl (C=O) groups is 1. The van der Waals surface area contributed by atoms with Crippen LogP contribution in [-0.2, 0) is 11.3 Å². The van der Waals surface area contributed by atoms with Gasteiger partial charge in [-0.15, -0.1) is 0 Å². The summed E-state index contributed by atoms with van der Waals surface area (Å²) >= 11 is 0. The molecule has 1 aliphatic heterocycles. The molecule has 106 valence electrons. The van der Waals surface area contributed by atoms with Crippen molar-refractivity contribution in [3.05, 3.63) is 23.8 Å². The Hall–Kier alpha value is -2.18. The number of imidazole rings is 1.